The maximum atomic E-state index is 13.7. The van der Waals surface area contributed by atoms with Crippen LogP contribution in [0.2, 0.25) is 0 Å². The highest BCUT2D eigenvalue weighted by atomic mass is 19.4. The summed E-state index contributed by atoms with van der Waals surface area (Å²) in [6, 6.07) is 9.61. The molecule has 1 aromatic heterocycles. The molecule has 0 aliphatic carbocycles. The number of aromatic nitrogens is 1. The van der Waals surface area contributed by atoms with E-state index >= 15 is 0 Å². The normalized spacial score (nSPS) is 14.1. The lowest BCUT2D eigenvalue weighted by molar-refractivity contribution is -0.137. The number of halogens is 4. The molecule has 0 atom stereocenters. The van der Waals surface area contributed by atoms with Crippen molar-refractivity contribution in [1.29, 1.82) is 0 Å². The zero-order valence-corrected chi connectivity index (χ0v) is 16.5. The van der Waals surface area contributed by atoms with Crippen LogP contribution in [0.4, 0.5) is 34.6 Å². The SMILES string of the molecule is Cc1cc(F)ccc1N1CN(c2ccc(=O)[nH]c2C)C(=O)c2ccc(C(F)(F)F)cc21. The van der Waals surface area contributed by atoms with Crippen LogP contribution in [-0.4, -0.2) is 17.6 Å². The van der Waals surface area contributed by atoms with Crippen LogP contribution in [0.1, 0.15) is 27.2 Å². The van der Waals surface area contributed by atoms with Crippen molar-refractivity contribution < 1.29 is 22.4 Å². The fourth-order valence-electron chi connectivity index (χ4n) is 3.72. The van der Waals surface area contributed by atoms with Gasteiger partial charge in [0.2, 0.25) is 5.56 Å². The first-order valence-corrected chi connectivity index (χ1v) is 9.33. The molecular formula is C22H17F4N3O2. The lowest BCUT2D eigenvalue weighted by Crippen LogP contribution is -2.45. The zero-order chi connectivity index (χ0) is 22.5. The maximum Gasteiger partial charge on any atom is 0.416 e. The van der Waals surface area contributed by atoms with Crippen molar-refractivity contribution in [3.8, 4) is 0 Å². The number of fused-ring (bicyclic) bond motifs is 1. The van der Waals surface area contributed by atoms with Gasteiger partial charge in [-0.15, -0.1) is 0 Å². The highest BCUT2D eigenvalue weighted by Gasteiger charge is 2.37. The van der Waals surface area contributed by atoms with E-state index in [4.69, 9.17) is 0 Å². The number of carbonyl (C=O) groups excluding carboxylic acids is 1. The van der Waals surface area contributed by atoms with Gasteiger partial charge >= 0.3 is 6.18 Å². The first kappa shape index (κ1) is 20.6. The fourth-order valence-corrected chi connectivity index (χ4v) is 3.72. The van der Waals surface area contributed by atoms with Crippen LogP contribution in [0.25, 0.3) is 0 Å². The molecule has 2 aromatic carbocycles. The van der Waals surface area contributed by atoms with Gasteiger partial charge in [-0.05, 0) is 61.9 Å². The summed E-state index contributed by atoms with van der Waals surface area (Å²) in [5, 5.41) is 0. The number of carbonyl (C=O) groups is 1. The first-order chi connectivity index (χ1) is 14.6. The number of hydrogen-bond acceptors (Lipinski definition) is 3. The van der Waals surface area contributed by atoms with Gasteiger partial charge in [-0.25, -0.2) is 4.39 Å². The molecule has 1 aliphatic heterocycles. The van der Waals surface area contributed by atoms with E-state index in [0.29, 0.717) is 22.6 Å². The molecule has 0 fully saturated rings. The number of H-pyrrole nitrogens is 1. The summed E-state index contributed by atoms with van der Waals surface area (Å²) in [4.78, 5) is 30.3. The minimum atomic E-state index is -4.59. The van der Waals surface area contributed by atoms with Crippen molar-refractivity contribution in [3.05, 3.63) is 87.1 Å². The predicted molar refractivity (Wildman–Crippen MR) is 108 cm³/mol. The molecule has 3 aromatic rings. The number of aromatic amines is 1. The predicted octanol–water partition coefficient (Wildman–Crippen LogP) is 4.91. The molecule has 5 nitrogen and oxygen atoms in total. The number of rotatable bonds is 2. The molecule has 0 radical (unpaired) electrons. The van der Waals surface area contributed by atoms with Gasteiger partial charge in [-0.1, -0.05) is 0 Å². The molecule has 4 rings (SSSR count). The lowest BCUT2D eigenvalue weighted by atomic mass is 10.0. The Hall–Kier alpha value is -3.62. The lowest BCUT2D eigenvalue weighted by Gasteiger charge is -2.39. The Morgan fingerprint density at radius 2 is 1.58 bits per heavy atom. The third-order valence-corrected chi connectivity index (χ3v) is 5.20. The Balaban J connectivity index is 1.93. The van der Waals surface area contributed by atoms with Gasteiger partial charge in [0.1, 0.15) is 12.5 Å². The topological polar surface area (TPSA) is 56.4 Å². The highest BCUT2D eigenvalue weighted by Crippen LogP contribution is 2.40. The Labute approximate surface area is 174 Å². The van der Waals surface area contributed by atoms with E-state index in [0.717, 1.165) is 18.2 Å². The molecule has 1 N–H and O–H groups in total. The van der Waals surface area contributed by atoms with E-state index in [1.165, 1.54) is 40.1 Å². The molecule has 1 aliphatic rings. The second kappa shape index (κ2) is 7.26. The number of anilines is 3. The molecule has 1 amide bonds. The number of amides is 1. The van der Waals surface area contributed by atoms with Crippen LogP contribution in [0.5, 0.6) is 0 Å². The third-order valence-electron chi connectivity index (χ3n) is 5.20. The highest BCUT2D eigenvalue weighted by molar-refractivity contribution is 6.12. The van der Waals surface area contributed by atoms with Gasteiger partial charge in [0.05, 0.1) is 22.5 Å². The summed E-state index contributed by atoms with van der Waals surface area (Å²) in [6.07, 6.45) is -4.59. The number of hydrogen-bond donors (Lipinski definition) is 1. The van der Waals surface area contributed by atoms with Crippen LogP contribution in [0.15, 0.2) is 53.3 Å². The minimum Gasteiger partial charge on any atom is -0.324 e. The summed E-state index contributed by atoms with van der Waals surface area (Å²) in [7, 11) is 0. The second-order valence-corrected chi connectivity index (χ2v) is 7.30. The number of pyridine rings is 1. The van der Waals surface area contributed by atoms with Crippen LogP contribution < -0.4 is 15.4 Å². The first-order valence-electron chi connectivity index (χ1n) is 9.33. The second-order valence-electron chi connectivity index (χ2n) is 7.30. The van der Waals surface area contributed by atoms with Crippen molar-refractivity contribution in [2.24, 2.45) is 0 Å². The van der Waals surface area contributed by atoms with Gasteiger partial charge in [-0.2, -0.15) is 13.2 Å². The smallest absolute Gasteiger partial charge is 0.324 e. The van der Waals surface area contributed by atoms with Gasteiger partial charge in [0.25, 0.3) is 5.91 Å². The molecule has 9 heteroatoms. The number of aryl methyl sites for hydroxylation is 2. The molecule has 2 heterocycles. The van der Waals surface area contributed by atoms with Crippen molar-refractivity contribution in [3.63, 3.8) is 0 Å². The van der Waals surface area contributed by atoms with Gasteiger partial charge in [-0.3, -0.25) is 14.5 Å². The Kier molecular flexibility index (Phi) is 4.83. The van der Waals surface area contributed by atoms with Crippen molar-refractivity contribution in [2.75, 3.05) is 16.5 Å². The summed E-state index contributed by atoms with van der Waals surface area (Å²) in [6.45, 7) is 3.14. The molecule has 0 bridgehead atoms. The average Bonchev–Trinajstić information content (AvgIpc) is 2.68. The minimum absolute atomic E-state index is 0.0635. The molecule has 0 spiro atoms. The number of nitrogens with one attached hydrogen (secondary N) is 1. The third kappa shape index (κ3) is 3.67. The molecule has 31 heavy (non-hydrogen) atoms. The number of benzene rings is 2. The molecule has 0 saturated carbocycles. The number of nitrogens with zero attached hydrogens (tertiary/aromatic N) is 2. The van der Waals surface area contributed by atoms with Crippen LogP contribution in [0, 0.1) is 19.7 Å². The summed E-state index contributed by atoms with van der Waals surface area (Å²) < 4.78 is 53.7. The molecule has 0 unspecified atom stereocenters. The van der Waals surface area contributed by atoms with Crippen molar-refractivity contribution in [2.45, 2.75) is 20.0 Å². The fraction of sp³-hybridized carbons (Fsp3) is 0.182. The Morgan fingerprint density at radius 3 is 2.23 bits per heavy atom. The van der Waals surface area contributed by atoms with Gasteiger partial charge < -0.3 is 9.88 Å². The monoisotopic (exact) mass is 431 g/mol. The van der Waals surface area contributed by atoms with Crippen LogP contribution in [-0.2, 0) is 6.18 Å². The maximum absolute atomic E-state index is 13.7. The van der Waals surface area contributed by atoms with E-state index in [1.807, 2.05) is 0 Å². The summed E-state index contributed by atoms with van der Waals surface area (Å²) in [5.41, 5.74) is 0.718. The standard InChI is InChI=1S/C22H17F4N3O2/c1-12-9-15(23)4-6-17(12)28-11-29(18-7-8-20(30)27-13(18)2)21(31)16-5-3-14(10-19(16)28)22(24,25)26/h3-10H,11H2,1-2H3,(H,27,30). The quantitative estimate of drug-likeness (QED) is 0.587. The molecule has 0 saturated heterocycles. The summed E-state index contributed by atoms with van der Waals surface area (Å²) in [5.74, 6) is -0.984. The molecule has 160 valence electrons. The van der Waals surface area contributed by atoms with Gasteiger partial charge in [0, 0.05) is 17.4 Å². The Morgan fingerprint density at radius 1 is 0.871 bits per heavy atom. The van der Waals surface area contributed by atoms with Crippen LogP contribution >= 0.6 is 0 Å². The van der Waals surface area contributed by atoms with E-state index in [1.54, 1.807) is 13.8 Å². The van der Waals surface area contributed by atoms with Crippen LogP contribution in [0.3, 0.4) is 0 Å². The van der Waals surface area contributed by atoms with E-state index in [9.17, 15) is 27.2 Å². The van der Waals surface area contributed by atoms with Crippen molar-refractivity contribution >= 4 is 23.0 Å². The summed E-state index contributed by atoms with van der Waals surface area (Å²) >= 11 is 0. The van der Waals surface area contributed by atoms with Gasteiger partial charge in [0.15, 0.2) is 0 Å². The largest absolute Gasteiger partial charge is 0.416 e. The molecular weight excluding hydrogens is 414 g/mol. The number of alkyl halides is 3. The van der Waals surface area contributed by atoms with Crippen molar-refractivity contribution in [1.82, 2.24) is 4.98 Å². The Bertz CT molecular complexity index is 1250. The average molecular weight is 431 g/mol. The van der Waals surface area contributed by atoms with E-state index < -0.39 is 23.5 Å². The zero-order valence-electron chi connectivity index (χ0n) is 16.5. The van der Waals surface area contributed by atoms with E-state index in [-0.39, 0.29) is 23.5 Å². The van der Waals surface area contributed by atoms with E-state index in [2.05, 4.69) is 4.98 Å².